The number of halogens is 6. The summed E-state index contributed by atoms with van der Waals surface area (Å²) in [5.41, 5.74) is -1.12. The monoisotopic (exact) mass is 476 g/mol. The summed E-state index contributed by atoms with van der Waals surface area (Å²) in [6.07, 6.45) is -3.85. The van der Waals surface area contributed by atoms with Crippen LogP contribution in [-0.2, 0) is 0 Å². The average molecular weight is 477 g/mol. The molecule has 6 nitrogen and oxygen atoms in total. The van der Waals surface area contributed by atoms with Crippen LogP contribution in [-0.4, -0.2) is 64.0 Å². The van der Waals surface area contributed by atoms with Gasteiger partial charge in [0.1, 0.15) is 29.4 Å². The molecule has 0 bridgehead atoms. The van der Waals surface area contributed by atoms with Gasteiger partial charge in [-0.15, -0.1) is 0 Å². The number of nitrogens with zero attached hydrogens (tertiary/aromatic N) is 4. The highest BCUT2D eigenvalue weighted by Gasteiger charge is 2.49. The van der Waals surface area contributed by atoms with Crippen LogP contribution in [0.25, 0.3) is 10.9 Å². The third-order valence-electron chi connectivity index (χ3n) is 5.54. The molecule has 4 rings (SSSR count). The van der Waals surface area contributed by atoms with Crippen molar-refractivity contribution in [3.63, 3.8) is 0 Å². The Morgan fingerprint density at radius 3 is 2.75 bits per heavy atom. The normalized spacial score (nSPS) is 23.2. The minimum absolute atomic E-state index is 0.000303. The molecule has 2 aromatic rings. The number of ether oxygens (including phenoxy) is 2. The minimum atomic E-state index is -4.67. The third kappa shape index (κ3) is 4.38. The molecule has 0 saturated carbocycles. The Morgan fingerprint density at radius 1 is 1.25 bits per heavy atom. The van der Waals surface area contributed by atoms with Gasteiger partial charge in [0, 0.05) is 13.0 Å². The van der Waals surface area contributed by atoms with E-state index in [4.69, 9.17) is 21.1 Å². The molecule has 0 N–H and O–H groups in total. The predicted molar refractivity (Wildman–Crippen MR) is 105 cm³/mol. The molecule has 172 valence electrons. The molecule has 32 heavy (non-hydrogen) atoms. The first-order valence-electron chi connectivity index (χ1n) is 9.83. The molecule has 2 saturated heterocycles. The molecule has 12 heteroatoms. The third-order valence-corrected chi connectivity index (χ3v) is 5.79. The van der Waals surface area contributed by atoms with Crippen molar-refractivity contribution >= 4 is 22.5 Å². The van der Waals surface area contributed by atoms with Crippen LogP contribution in [0.15, 0.2) is 0 Å². The van der Waals surface area contributed by atoms with Gasteiger partial charge in [0.2, 0.25) is 5.88 Å². The summed E-state index contributed by atoms with van der Waals surface area (Å²) in [6.45, 7) is 0.794. The average Bonchev–Trinajstić information content (AvgIpc) is 3.23. The number of aromatic nitrogens is 3. The molecule has 0 radical (unpaired) electrons. The second-order valence-corrected chi connectivity index (χ2v) is 8.10. The SMILES string of the molecule is CC#Cc1nc(Cl)c(F)c2nc(OC[C@@]34CCCN3C[C@H](F)C4)nc(OCC(F)(F)F)c12. The molecule has 0 spiro atoms. The number of hydrogen-bond donors (Lipinski definition) is 0. The standard InChI is InChI=1S/C20H18ClF5N4O2/c1-2-4-12-13-15(14(23)16(21)27-12)28-18(29-17(13)31-10-20(24,25)26)32-9-19-5-3-6-30(19)8-11(22)7-19/h11H,3,5-10H2,1H3/t11-,19+/m1/s1. The molecule has 2 fully saturated rings. The van der Waals surface area contributed by atoms with Crippen molar-refractivity contribution in [2.24, 2.45) is 0 Å². The molecule has 0 unspecified atom stereocenters. The van der Waals surface area contributed by atoms with Gasteiger partial charge in [-0.1, -0.05) is 17.5 Å². The number of pyridine rings is 1. The van der Waals surface area contributed by atoms with E-state index in [9.17, 15) is 22.0 Å². The molecule has 0 amide bonds. The fourth-order valence-corrected chi connectivity index (χ4v) is 4.44. The number of hydrogen-bond acceptors (Lipinski definition) is 6. The highest BCUT2D eigenvalue weighted by atomic mass is 35.5. The molecule has 2 atom stereocenters. The number of fused-ring (bicyclic) bond motifs is 2. The molecular weight excluding hydrogens is 459 g/mol. The first-order chi connectivity index (χ1) is 15.1. The fraction of sp³-hybridized carbons (Fsp3) is 0.550. The summed E-state index contributed by atoms with van der Waals surface area (Å²) in [5.74, 6) is 3.42. The Kier molecular flexibility index (Phi) is 6.02. The lowest BCUT2D eigenvalue weighted by atomic mass is 9.95. The zero-order chi connectivity index (χ0) is 23.1. The smallest absolute Gasteiger partial charge is 0.422 e. The first kappa shape index (κ1) is 22.7. The summed E-state index contributed by atoms with van der Waals surface area (Å²) < 4.78 is 77.6. The van der Waals surface area contributed by atoms with Crippen LogP contribution < -0.4 is 9.47 Å². The van der Waals surface area contributed by atoms with Crippen LogP contribution in [0.1, 0.15) is 31.9 Å². The summed E-state index contributed by atoms with van der Waals surface area (Å²) in [5, 5.41) is -0.804. The molecule has 2 aromatic heterocycles. The van der Waals surface area contributed by atoms with Crippen LogP contribution >= 0.6 is 11.6 Å². The highest BCUT2D eigenvalue weighted by molar-refractivity contribution is 6.30. The van der Waals surface area contributed by atoms with Gasteiger partial charge in [-0.3, -0.25) is 4.90 Å². The zero-order valence-electron chi connectivity index (χ0n) is 16.9. The van der Waals surface area contributed by atoms with Crippen LogP contribution in [0.2, 0.25) is 5.15 Å². The van der Waals surface area contributed by atoms with Gasteiger partial charge in [-0.2, -0.15) is 23.1 Å². The molecule has 2 aliphatic rings. The van der Waals surface area contributed by atoms with Crippen LogP contribution in [0.4, 0.5) is 22.0 Å². The largest absolute Gasteiger partial charge is 0.467 e. The van der Waals surface area contributed by atoms with Crippen molar-refractivity contribution < 1.29 is 31.4 Å². The fourth-order valence-electron chi connectivity index (χ4n) is 4.27. The maximum atomic E-state index is 14.7. The lowest BCUT2D eigenvalue weighted by Crippen LogP contribution is -2.43. The van der Waals surface area contributed by atoms with Crippen molar-refractivity contribution in [3.8, 4) is 23.7 Å². The second-order valence-electron chi connectivity index (χ2n) is 7.74. The van der Waals surface area contributed by atoms with Gasteiger partial charge in [-0.25, -0.2) is 13.8 Å². The lowest BCUT2D eigenvalue weighted by Gasteiger charge is -2.30. The Hall–Kier alpha value is -2.45. The van der Waals surface area contributed by atoms with Crippen molar-refractivity contribution in [2.75, 3.05) is 26.3 Å². The van der Waals surface area contributed by atoms with E-state index in [0.717, 1.165) is 13.0 Å². The van der Waals surface area contributed by atoms with Gasteiger partial charge < -0.3 is 9.47 Å². The van der Waals surface area contributed by atoms with E-state index in [-0.39, 0.29) is 30.7 Å². The highest BCUT2D eigenvalue weighted by Crippen LogP contribution is 2.40. The van der Waals surface area contributed by atoms with Crippen molar-refractivity contribution in [3.05, 3.63) is 16.7 Å². The first-order valence-corrected chi connectivity index (χ1v) is 10.2. The van der Waals surface area contributed by atoms with E-state index in [0.29, 0.717) is 6.42 Å². The van der Waals surface area contributed by atoms with E-state index >= 15 is 0 Å². The van der Waals surface area contributed by atoms with Crippen molar-refractivity contribution in [2.45, 2.75) is 44.1 Å². The second kappa shape index (κ2) is 8.48. The number of alkyl halides is 4. The van der Waals surface area contributed by atoms with Crippen LogP contribution in [0, 0.1) is 17.7 Å². The van der Waals surface area contributed by atoms with Gasteiger partial charge >= 0.3 is 12.2 Å². The van der Waals surface area contributed by atoms with Gasteiger partial charge in [0.05, 0.1) is 5.54 Å². The summed E-state index contributed by atoms with van der Waals surface area (Å²) in [7, 11) is 0. The predicted octanol–water partition coefficient (Wildman–Crippen LogP) is 4.09. The van der Waals surface area contributed by atoms with Crippen LogP contribution in [0.5, 0.6) is 11.9 Å². The summed E-state index contributed by atoms with van der Waals surface area (Å²) in [6, 6.07) is -0.408. The van der Waals surface area contributed by atoms with E-state index in [1.54, 1.807) is 0 Å². The summed E-state index contributed by atoms with van der Waals surface area (Å²) in [4.78, 5) is 13.7. The molecule has 0 aliphatic carbocycles. The quantitative estimate of drug-likeness (QED) is 0.368. The lowest BCUT2D eigenvalue weighted by molar-refractivity contribution is -0.153. The van der Waals surface area contributed by atoms with Gasteiger partial charge in [-0.05, 0) is 32.2 Å². The van der Waals surface area contributed by atoms with Gasteiger partial charge in [0.25, 0.3) is 0 Å². The maximum Gasteiger partial charge on any atom is 0.422 e. The number of rotatable bonds is 5. The summed E-state index contributed by atoms with van der Waals surface area (Å²) >= 11 is 5.83. The Bertz CT molecular complexity index is 1100. The molecule has 4 heterocycles. The van der Waals surface area contributed by atoms with E-state index < -0.39 is 52.9 Å². The Labute approximate surface area is 185 Å². The van der Waals surface area contributed by atoms with Crippen molar-refractivity contribution in [1.29, 1.82) is 0 Å². The van der Waals surface area contributed by atoms with Crippen LogP contribution in [0.3, 0.4) is 0 Å². The molecule has 2 aliphatic heterocycles. The molecule has 0 aromatic carbocycles. The maximum absolute atomic E-state index is 14.7. The van der Waals surface area contributed by atoms with E-state index in [1.807, 2.05) is 4.90 Å². The zero-order valence-corrected chi connectivity index (χ0v) is 17.7. The minimum Gasteiger partial charge on any atom is -0.467 e. The van der Waals surface area contributed by atoms with Gasteiger partial charge in [0.15, 0.2) is 17.6 Å². The van der Waals surface area contributed by atoms with Crippen molar-refractivity contribution in [1.82, 2.24) is 19.9 Å². The Morgan fingerprint density at radius 2 is 2.03 bits per heavy atom. The Balaban J connectivity index is 1.74. The topological polar surface area (TPSA) is 60.4 Å². The van der Waals surface area contributed by atoms with E-state index in [2.05, 4.69) is 26.8 Å². The molecular formula is C20H18ClF5N4O2. The van der Waals surface area contributed by atoms with E-state index in [1.165, 1.54) is 6.92 Å².